The Labute approximate surface area is 96.1 Å². The molecule has 0 aliphatic carbocycles. The van der Waals surface area contributed by atoms with Gasteiger partial charge in [-0.15, -0.1) is 12.4 Å². The van der Waals surface area contributed by atoms with Gasteiger partial charge < -0.3 is 15.8 Å². The SMILES string of the molecule is COC(=O)C(C)(C)NC(=O)C[C@@H](C)N.Cl. The Hall–Kier alpha value is -0.810. The summed E-state index contributed by atoms with van der Waals surface area (Å²) < 4.78 is 4.54. The summed E-state index contributed by atoms with van der Waals surface area (Å²) >= 11 is 0. The summed E-state index contributed by atoms with van der Waals surface area (Å²) in [7, 11) is 1.28. The molecular formula is C9H19ClN2O3. The molecule has 0 saturated carbocycles. The predicted molar refractivity (Wildman–Crippen MR) is 59.8 cm³/mol. The van der Waals surface area contributed by atoms with Crippen LogP contribution in [-0.2, 0) is 14.3 Å². The van der Waals surface area contributed by atoms with Gasteiger partial charge in [0.25, 0.3) is 0 Å². The summed E-state index contributed by atoms with van der Waals surface area (Å²) in [6, 6.07) is -0.219. The summed E-state index contributed by atoms with van der Waals surface area (Å²) in [6.45, 7) is 4.89. The molecule has 0 rings (SSSR count). The molecule has 0 fully saturated rings. The van der Waals surface area contributed by atoms with E-state index in [1.54, 1.807) is 20.8 Å². The lowest BCUT2D eigenvalue weighted by Gasteiger charge is -2.23. The van der Waals surface area contributed by atoms with Crippen LogP contribution in [0.5, 0.6) is 0 Å². The molecule has 0 spiro atoms. The van der Waals surface area contributed by atoms with Crippen molar-refractivity contribution in [2.45, 2.75) is 38.8 Å². The van der Waals surface area contributed by atoms with Gasteiger partial charge in [0.2, 0.25) is 5.91 Å². The Morgan fingerprint density at radius 2 is 1.93 bits per heavy atom. The van der Waals surface area contributed by atoms with Crippen molar-refractivity contribution < 1.29 is 14.3 Å². The molecule has 0 heterocycles. The van der Waals surface area contributed by atoms with Crippen LogP contribution < -0.4 is 11.1 Å². The number of methoxy groups -OCH3 is 1. The summed E-state index contributed by atoms with van der Waals surface area (Å²) in [5, 5.41) is 2.54. The Balaban J connectivity index is 0. The van der Waals surface area contributed by atoms with E-state index in [4.69, 9.17) is 5.73 Å². The van der Waals surface area contributed by atoms with Gasteiger partial charge in [-0.05, 0) is 20.8 Å². The van der Waals surface area contributed by atoms with Crippen molar-refractivity contribution >= 4 is 24.3 Å². The minimum absolute atomic E-state index is 0. The molecule has 0 saturated heterocycles. The van der Waals surface area contributed by atoms with Crippen molar-refractivity contribution in [2.75, 3.05) is 7.11 Å². The smallest absolute Gasteiger partial charge is 0.330 e. The van der Waals surface area contributed by atoms with E-state index in [2.05, 4.69) is 10.1 Å². The highest BCUT2D eigenvalue weighted by Gasteiger charge is 2.30. The minimum Gasteiger partial charge on any atom is -0.467 e. The zero-order chi connectivity index (χ0) is 11.4. The van der Waals surface area contributed by atoms with Crippen molar-refractivity contribution in [1.82, 2.24) is 5.32 Å². The van der Waals surface area contributed by atoms with E-state index in [0.29, 0.717) is 0 Å². The maximum absolute atomic E-state index is 11.3. The third kappa shape index (κ3) is 6.30. The normalized spacial score (nSPS) is 12.3. The van der Waals surface area contributed by atoms with E-state index in [-0.39, 0.29) is 30.8 Å². The standard InChI is InChI=1S/C9H18N2O3.ClH/c1-6(10)5-7(12)11-9(2,3)8(13)14-4;/h6H,5,10H2,1-4H3,(H,11,12);1H/t6-;/m1./s1. The number of hydrogen-bond donors (Lipinski definition) is 2. The Bertz CT molecular complexity index is 229. The zero-order valence-electron chi connectivity index (χ0n) is 9.49. The van der Waals surface area contributed by atoms with E-state index in [1.807, 2.05) is 0 Å². The van der Waals surface area contributed by atoms with E-state index in [0.717, 1.165) is 0 Å². The summed E-state index contributed by atoms with van der Waals surface area (Å²) in [6.07, 6.45) is 0.195. The largest absolute Gasteiger partial charge is 0.467 e. The first-order valence-electron chi connectivity index (χ1n) is 4.44. The van der Waals surface area contributed by atoms with Gasteiger partial charge >= 0.3 is 5.97 Å². The molecule has 0 aromatic carbocycles. The number of carbonyl (C=O) groups is 2. The molecule has 3 N–H and O–H groups in total. The van der Waals surface area contributed by atoms with Crippen molar-refractivity contribution in [3.63, 3.8) is 0 Å². The third-order valence-electron chi connectivity index (χ3n) is 1.65. The van der Waals surface area contributed by atoms with Crippen LogP contribution in [0.4, 0.5) is 0 Å². The molecule has 0 radical (unpaired) electrons. The number of halogens is 1. The van der Waals surface area contributed by atoms with Crippen LogP contribution in [0.3, 0.4) is 0 Å². The number of carbonyl (C=O) groups excluding carboxylic acids is 2. The van der Waals surface area contributed by atoms with Crippen LogP contribution in [0.15, 0.2) is 0 Å². The minimum atomic E-state index is -0.999. The van der Waals surface area contributed by atoms with Gasteiger partial charge in [-0.2, -0.15) is 0 Å². The molecule has 1 amide bonds. The Morgan fingerprint density at radius 1 is 1.47 bits per heavy atom. The second kappa shape index (κ2) is 6.63. The lowest BCUT2D eigenvalue weighted by molar-refractivity contribution is -0.149. The lowest BCUT2D eigenvalue weighted by Crippen LogP contribution is -2.51. The average molecular weight is 239 g/mol. The van der Waals surface area contributed by atoms with Crippen LogP contribution in [0.1, 0.15) is 27.2 Å². The van der Waals surface area contributed by atoms with Crippen molar-refractivity contribution in [3.8, 4) is 0 Å². The van der Waals surface area contributed by atoms with Crippen LogP contribution in [0.2, 0.25) is 0 Å². The highest BCUT2D eigenvalue weighted by atomic mass is 35.5. The van der Waals surface area contributed by atoms with Gasteiger partial charge in [-0.3, -0.25) is 4.79 Å². The molecule has 0 unspecified atom stereocenters. The van der Waals surface area contributed by atoms with Gasteiger partial charge in [0, 0.05) is 12.5 Å². The van der Waals surface area contributed by atoms with Crippen LogP contribution in [0.25, 0.3) is 0 Å². The summed E-state index contributed by atoms with van der Waals surface area (Å²) in [5.74, 6) is -0.731. The molecule has 90 valence electrons. The van der Waals surface area contributed by atoms with Crippen LogP contribution in [0, 0.1) is 0 Å². The van der Waals surface area contributed by atoms with E-state index < -0.39 is 11.5 Å². The first kappa shape index (κ1) is 16.6. The molecule has 0 bridgehead atoms. The van der Waals surface area contributed by atoms with Gasteiger partial charge in [0.05, 0.1) is 7.11 Å². The molecular weight excluding hydrogens is 220 g/mol. The molecule has 0 aliphatic heterocycles. The fraction of sp³-hybridized carbons (Fsp3) is 0.778. The first-order chi connectivity index (χ1) is 6.29. The molecule has 5 nitrogen and oxygen atoms in total. The number of rotatable bonds is 4. The van der Waals surface area contributed by atoms with Crippen LogP contribution >= 0.6 is 12.4 Å². The van der Waals surface area contributed by atoms with E-state index in [1.165, 1.54) is 7.11 Å². The number of nitrogens with one attached hydrogen (secondary N) is 1. The number of hydrogen-bond acceptors (Lipinski definition) is 4. The zero-order valence-corrected chi connectivity index (χ0v) is 10.3. The number of amides is 1. The quantitative estimate of drug-likeness (QED) is 0.687. The van der Waals surface area contributed by atoms with Crippen molar-refractivity contribution in [1.29, 1.82) is 0 Å². The molecule has 6 heteroatoms. The molecule has 0 aromatic rings. The molecule has 15 heavy (non-hydrogen) atoms. The predicted octanol–water partition coefficient (Wildman–Crippen LogP) is 0.213. The molecule has 1 atom stereocenters. The van der Waals surface area contributed by atoms with Gasteiger partial charge in [0.1, 0.15) is 5.54 Å². The van der Waals surface area contributed by atoms with Gasteiger partial charge in [0.15, 0.2) is 0 Å². The monoisotopic (exact) mass is 238 g/mol. The second-order valence-electron chi connectivity index (χ2n) is 3.85. The van der Waals surface area contributed by atoms with E-state index >= 15 is 0 Å². The number of esters is 1. The summed E-state index contributed by atoms with van der Waals surface area (Å²) in [5.41, 5.74) is 4.44. The second-order valence-corrected chi connectivity index (χ2v) is 3.85. The van der Waals surface area contributed by atoms with Crippen molar-refractivity contribution in [2.24, 2.45) is 5.73 Å². The highest BCUT2D eigenvalue weighted by molar-refractivity contribution is 5.87. The van der Waals surface area contributed by atoms with Gasteiger partial charge in [-0.25, -0.2) is 4.79 Å². The first-order valence-corrected chi connectivity index (χ1v) is 4.44. The third-order valence-corrected chi connectivity index (χ3v) is 1.65. The summed E-state index contributed by atoms with van der Waals surface area (Å²) in [4.78, 5) is 22.5. The van der Waals surface area contributed by atoms with Crippen molar-refractivity contribution in [3.05, 3.63) is 0 Å². The van der Waals surface area contributed by atoms with E-state index in [9.17, 15) is 9.59 Å². The number of ether oxygens (including phenoxy) is 1. The lowest BCUT2D eigenvalue weighted by atomic mass is 10.1. The number of nitrogens with two attached hydrogens (primary N) is 1. The Kier molecular flexibility index (Phi) is 7.35. The maximum atomic E-state index is 11.3. The topological polar surface area (TPSA) is 81.4 Å². The Morgan fingerprint density at radius 3 is 2.27 bits per heavy atom. The molecule has 0 aromatic heterocycles. The highest BCUT2D eigenvalue weighted by Crippen LogP contribution is 2.05. The maximum Gasteiger partial charge on any atom is 0.330 e. The average Bonchev–Trinajstić information content (AvgIpc) is 1.99. The van der Waals surface area contributed by atoms with Crippen LogP contribution in [-0.4, -0.2) is 30.6 Å². The fourth-order valence-corrected chi connectivity index (χ4v) is 0.998. The molecule has 0 aliphatic rings. The fourth-order valence-electron chi connectivity index (χ4n) is 0.998. The van der Waals surface area contributed by atoms with Gasteiger partial charge in [-0.1, -0.05) is 0 Å².